The quantitative estimate of drug-likeness (QED) is 0.421. The van der Waals surface area contributed by atoms with Crippen LogP contribution in [0.5, 0.6) is 0 Å². The highest BCUT2D eigenvalue weighted by atomic mass is 15.1. The van der Waals surface area contributed by atoms with Gasteiger partial charge in [0.2, 0.25) is 0 Å². The van der Waals surface area contributed by atoms with Gasteiger partial charge in [-0.1, -0.05) is 48.5 Å². The molecule has 0 saturated heterocycles. The van der Waals surface area contributed by atoms with E-state index in [1.165, 1.54) is 27.2 Å². The SMILES string of the molecule is Cn1c(-c2[nH]c3c(ccc4ccccc43)c2CCCCN)nc2ccccc21. The molecule has 0 fully saturated rings. The summed E-state index contributed by atoms with van der Waals surface area (Å²) in [6, 6.07) is 21.3. The maximum Gasteiger partial charge on any atom is 0.157 e. The van der Waals surface area contributed by atoms with Crippen LogP contribution < -0.4 is 5.73 Å². The molecule has 2 aromatic heterocycles. The molecule has 4 heteroatoms. The first-order chi connectivity index (χ1) is 13.8. The van der Waals surface area contributed by atoms with Crippen LogP contribution in [0.2, 0.25) is 0 Å². The van der Waals surface area contributed by atoms with Gasteiger partial charge in [0, 0.05) is 17.8 Å². The largest absolute Gasteiger partial charge is 0.351 e. The number of nitrogens with one attached hydrogen (secondary N) is 1. The van der Waals surface area contributed by atoms with E-state index in [2.05, 4.69) is 71.2 Å². The van der Waals surface area contributed by atoms with Gasteiger partial charge in [0.05, 0.1) is 22.2 Å². The molecule has 4 nitrogen and oxygen atoms in total. The minimum absolute atomic E-state index is 0.729. The molecular weight excluding hydrogens is 344 g/mol. The van der Waals surface area contributed by atoms with Crippen molar-refractivity contribution >= 4 is 32.7 Å². The van der Waals surface area contributed by atoms with Crippen molar-refractivity contribution in [3.8, 4) is 11.5 Å². The number of aryl methyl sites for hydroxylation is 2. The van der Waals surface area contributed by atoms with E-state index in [9.17, 15) is 0 Å². The van der Waals surface area contributed by atoms with Crippen molar-refractivity contribution in [1.29, 1.82) is 0 Å². The number of hydrogen-bond donors (Lipinski definition) is 2. The molecule has 0 radical (unpaired) electrons. The number of aromatic amines is 1. The monoisotopic (exact) mass is 368 g/mol. The van der Waals surface area contributed by atoms with E-state index in [0.717, 1.165) is 48.4 Å². The average molecular weight is 368 g/mol. The fraction of sp³-hybridized carbons (Fsp3) is 0.208. The highest BCUT2D eigenvalue weighted by molar-refractivity contribution is 6.08. The van der Waals surface area contributed by atoms with Crippen molar-refractivity contribution in [3.05, 3.63) is 66.2 Å². The number of para-hydroxylation sites is 2. The van der Waals surface area contributed by atoms with Gasteiger partial charge in [0.25, 0.3) is 0 Å². The Labute approximate surface area is 164 Å². The van der Waals surface area contributed by atoms with Crippen molar-refractivity contribution in [1.82, 2.24) is 14.5 Å². The van der Waals surface area contributed by atoms with Gasteiger partial charge in [-0.05, 0) is 48.9 Å². The van der Waals surface area contributed by atoms with Gasteiger partial charge in [-0.2, -0.15) is 0 Å². The number of nitrogens with two attached hydrogens (primary N) is 1. The number of benzene rings is 3. The lowest BCUT2D eigenvalue weighted by Gasteiger charge is -2.05. The first-order valence-corrected chi connectivity index (χ1v) is 9.92. The lowest BCUT2D eigenvalue weighted by Crippen LogP contribution is -2.00. The Morgan fingerprint density at radius 1 is 0.929 bits per heavy atom. The second kappa shape index (κ2) is 6.80. The second-order valence-corrected chi connectivity index (χ2v) is 7.42. The summed E-state index contributed by atoms with van der Waals surface area (Å²) < 4.78 is 2.19. The van der Waals surface area contributed by atoms with Crippen LogP contribution in [0.25, 0.3) is 44.2 Å². The molecule has 140 valence electrons. The number of H-pyrrole nitrogens is 1. The Kier molecular flexibility index (Phi) is 4.14. The lowest BCUT2D eigenvalue weighted by molar-refractivity contribution is 0.747. The Bertz CT molecular complexity index is 1290. The summed E-state index contributed by atoms with van der Waals surface area (Å²) in [5.74, 6) is 0.990. The van der Waals surface area contributed by atoms with E-state index in [-0.39, 0.29) is 0 Å². The number of nitrogens with zero attached hydrogens (tertiary/aromatic N) is 2. The summed E-state index contributed by atoms with van der Waals surface area (Å²) in [5, 5.41) is 3.80. The number of aromatic nitrogens is 3. The molecule has 0 atom stereocenters. The maximum atomic E-state index is 5.76. The molecule has 2 heterocycles. The minimum Gasteiger partial charge on any atom is -0.351 e. The summed E-state index contributed by atoms with van der Waals surface area (Å²) in [4.78, 5) is 8.69. The van der Waals surface area contributed by atoms with Gasteiger partial charge in [-0.25, -0.2) is 4.98 Å². The molecule has 0 aliphatic carbocycles. The maximum absolute atomic E-state index is 5.76. The first kappa shape index (κ1) is 17.0. The molecule has 0 aliphatic rings. The molecule has 0 bridgehead atoms. The van der Waals surface area contributed by atoms with Crippen LogP contribution in [0, 0.1) is 0 Å². The predicted octanol–water partition coefficient (Wildman–Crippen LogP) is 5.16. The fourth-order valence-corrected chi connectivity index (χ4v) is 4.26. The van der Waals surface area contributed by atoms with Crippen LogP contribution in [0.3, 0.4) is 0 Å². The number of hydrogen-bond acceptors (Lipinski definition) is 2. The Morgan fingerprint density at radius 3 is 2.61 bits per heavy atom. The van der Waals surface area contributed by atoms with Crippen LogP contribution in [0.1, 0.15) is 18.4 Å². The highest BCUT2D eigenvalue weighted by Crippen LogP contribution is 2.35. The van der Waals surface area contributed by atoms with Crippen LogP contribution in [-0.2, 0) is 13.5 Å². The van der Waals surface area contributed by atoms with Crippen molar-refractivity contribution in [2.45, 2.75) is 19.3 Å². The smallest absolute Gasteiger partial charge is 0.157 e. The van der Waals surface area contributed by atoms with Crippen LogP contribution in [0.15, 0.2) is 60.7 Å². The molecule has 5 rings (SSSR count). The zero-order valence-corrected chi connectivity index (χ0v) is 16.1. The first-order valence-electron chi connectivity index (χ1n) is 9.92. The standard InChI is InChI=1S/C24H24N4/c1-28-21-12-5-4-11-20(21)26-24(28)23-18(10-6-7-15-25)19-14-13-16-8-2-3-9-17(16)22(19)27-23/h2-5,8-9,11-14,27H,6-7,10,15,25H2,1H3. The van der Waals surface area contributed by atoms with Crippen LogP contribution in [-0.4, -0.2) is 21.1 Å². The molecule has 0 spiro atoms. The third kappa shape index (κ3) is 2.60. The number of unbranched alkanes of at least 4 members (excludes halogenated alkanes) is 1. The minimum atomic E-state index is 0.729. The van der Waals surface area contributed by atoms with Gasteiger partial charge >= 0.3 is 0 Å². The molecule has 5 aromatic rings. The number of rotatable bonds is 5. The average Bonchev–Trinajstić information content (AvgIpc) is 3.26. The molecule has 3 N–H and O–H groups in total. The summed E-state index contributed by atoms with van der Waals surface area (Å²) >= 11 is 0. The second-order valence-electron chi connectivity index (χ2n) is 7.42. The van der Waals surface area contributed by atoms with E-state index >= 15 is 0 Å². The van der Waals surface area contributed by atoms with E-state index in [0.29, 0.717) is 0 Å². The zero-order chi connectivity index (χ0) is 19.1. The predicted molar refractivity (Wildman–Crippen MR) is 118 cm³/mol. The molecule has 3 aromatic carbocycles. The van der Waals surface area contributed by atoms with Crippen molar-refractivity contribution < 1.29 is 0 Å². The summed E-state index contributed by atoms with van der Waals surface area (Å²) in [6.07, 6.45) is 3.10. The fourth-order valence-electron chi connectivity index (χ4n) is 4.26. The van der Waals surface area contributed by atoms with E-state index in [4.69, 9.17) is 10.7 Å². The Balaban J connectivity index is 1.79. The zero-order valence-electron chi connectivity index (χ0n) is 16.1. The molecule has 0 aliphatic heterocycles. The highest BCUT2D eigenvalue weighted by Gasteiger charge is 2.19. The molecule has 28 heavy (non-hydrogen) atoms. The molecule has 0 saturated carbocycles. The number of fused-ring (bicyclic) bond motifs is 4. The van der Waals surface area contributed by atoms with E-state index in [1.807, 2.05) is 6.07 Å². The van der Waals surface area contributed by atoms with Crippen molar-refractivity contribution in [2.24, 2.45) is 12.8 Å². The molecule has 0 amide bonds. The van der Waals surface area contributed by atoms with Gasteiger partial charge < -0.3 is 15.3 Å². The topological polar surface area (TPSA) is 59.6 Å². The van der Waals surface area contributed by atoms with Crippen LogP contribution in [0.4, 0.5) is 0 Å². The lowest BCUT2D eigenvalue weighted by atomic mass is 10.0. The molecule has 0 unspecified atom stereocenters. The Morgan fingerprint density at radius 2 is 1.75 bits per heavy atom. The third-order valence-corrected chi connectivity index (χ3v) is 5.70. The van der Waals surface area contributed by atoms with Gasteiger partial charge in [-0.15, -0.1) is 0 Å². The van der Waals surface area contributed by atoms with E-state index < -0.39 is 0 Å². The molecular formula is C24H24N4. The Hall–Kier alpha value is -3.11. The summed E-state index contributed by atoms with van der Waals surface area (Å²) in [6.45, 7) is 0.729. The van der Waals surface area contributed by atoms with Gasteiger partial charge in [0.15, 0.2) is 5.82 Å². The van der Waals surface area contributed by atoms with Crippen molar-refractivity contribution in [3.63, 3.8) is 0 Å². The van der Waals surface area contributed by atoms with Crippen LogP contribution >= 0.6 is 0 Å². The normalized spacial score (nSPS) is 11.8. The third-order valence-electron chi connectivity index (χ3n) is 5.70. The number of imidazole rings is 1. The van der Waals surface area contributed by atoms with E-state index in [1.54, 1.807) is 0 Å². The van der Waals surface area contributed by atoms with Gasteiger partial charge in [0.1, 0.15) is 0 Å². The summed E-state index contributed by atoms with van der Waals surface area (Å²) in [7, 11) is 2.10. The summed E-state index contributed by atoms with van der Waals surface area (Å²) in [5.41, 5.74) is 11.6. The van der Waals surface area contributed by atoms with Crippen molar-refractivity contribution in [2.75, 3.05) is 6.54 Å². The van der Waals surface area contributed by atoms with Gasteiger partial charge in [-0.3, -0.25) is 0 Å².